The van der Waals surface area contributed by atoms with Crippen molar-refractivity contribution in [2.45, 2.75) is 32.4 Å². The van der Waals surface area contributed by atoms with E-state index in [1.54, 1.807) is 19.1 Å². The van der Waals surface area contributed by atoms with Gasteiger partial charge in [-0.05, 0) is 24.1 Å². The van der Waals surface area contributed by atoms with E-state index in [0.717, 1.165) is 18.7 Å². The second-order valence-electron chi connectivity index (χ2n) is 6.50. The van der Waals surface area contributed by atoms with Crippen molar-refractivity contribution >= 4 is 11.8 Å². The van der Waals surface area contributed by atoms with Gasteiger partial charge in [-0.1, -0.05) is 19.1 Å². The fourth-order valence-corrected chi connectivity index (χ4v) is 2.70. The van der Waals surface area contributed by atoms with Gasteiger partial charge >= 0.3 is 0 Å². The summed E-state index contributed by atoms with van der Waals surface area (Å²) < 4.78 is 18.6. The van der Waals surface area contributed by atoms with Crippen molar-refractivity contribution in [2.24, 2.45) is 11.7 Å². The number of hydrogen-bond acceptors (Lipinski definition) is 4. The monoisotopic (exact) mass is 351 g/mol. The number of amides is 2. The number of primary amides is 1. The summed E-state index contributed by atoms with van der Waals surface area (Å²) in [6, 6.07) is 6.48. The van der Waals surface area contributed by atoms with Crippen molar-refractivity contribution in [3.05, 3.63) is 35.6 Å². The first-order valence-electron chi connectivity index (χ1n) is 8.58. The molecule has 0 saturated carbocycles. The summed E-state index contributed by atoms with van der Waals surface area (Å²) in [4.78, 5) is 25.0. The van der Waals surface area contributed by atoms with Crippen LogP contribution in [0, 0.1) is 11.7 Å². The van der Waals surface area contributed by atoms with Crippen molar-refractivity contribution in [1.29, 1.82) is 0 Å². The molecule has 1 aliphatic rings. The summed E-state index contributed by atoms with van der Waals surface area (Å²) >= 11 is 0. The molecule has 3 N–H and O–H groups in total. The van der Waals surface area contributed by atoms with Gasteiger partial charge < -0.3 is 15.8 Å². The topological polar surface area (TPSA) is 84.7 Å². The van der Waals surface area contributed by atoms with Gasteiger partial charge in [-0.15, -0.1) is 0 Å². The van der Waals surface area contributed by atoms with E-state index in [1.807, 2.05) is 0 Å². The molecule has 1 unspecified atom stereocenters. The maximum Gasteiger partial charge on any atom is 0.220 e. The summed E-state index contributed by atoms with van der Waals surface area (Å²) in [5.74, 6) is -1.04. The lowest BCUT2D eigenvalue weighted by Gasteiger charge is -2.33. The van der Waals surface area contributed by atoms with Crippen molar-refractivity contribution in [2.75, 3.05) is 26.2 Å². The van der Waals surface area contributed by atoms with Gasteiger partial charge in [0.15, 0.2) is 0 Å². The highest BCUT2D eigenvalue weighted by molar-refractivity contribution is 5.79. The predicted octanol–water partition coefficient (Wildman–Crippen LogP) is 1.04. The van der Waals surface area contributed by atoms with Crippen LogP contribution in [-0.4, -0.2) is 49.1 Å². The molecule has 138 valence electrons. The molecular formula is C18H26FN3O3. The lowest BCUT2D eigenvalue weighted by Crippen LogP contribution is -2.47. The Kier molecular flexibility index (Phi) is 7.33. The quantitative estimate of drug-likeness (QED) is 0.733. The Labute approximate surface area is 147 Å². The Hall–Kier alpha value is -1.99. The summed E-state index contributed by atoms with van der Waals surface area (Å²) in [6.45, 7) is 4.98. The average Bonchev–Trinajstić information content (AvgIpc) is 2.60. The summed E-state index contributed by atoms with van der Waals surface area (Å²) in [5, 5.41) is 2.85. The largest absolute Gasteiger partial charge is 0.374 e. The second-order valence-corrected chi connectivity index (χ2v) is 6.50. The second kappa shape index (κ2) is 9.48. The predicted molar refractivity (Wildman–Crippen MR) is 92.0 cm³/mol. The zero-order chi connectivity index (χ0) is 18.2. The molecule has 1 saturated heterocycles. The molecule has 2 atom stereocenters. The van der Waals surface area contributed by atoms with Gasteiger partial charge in [0.2, 0.25) is 11.8 Å². The molecule has 7 heteroatoms. The smallest absolute Gasteiger partial charge is 0.220 e. The maximum atomic E-state index is 13.0. The Morgan fingerprint density at radius 1 is 1.40 bits per heavy atom. The van der Waals surface area contributed by atoms with Gasteiger partial charge in [-0.3, -0.25) is 14.5 Å². The van der Waals surface area contributed by atoms with E-state index in [1.165, 1.54) is 12.1 Å². The summed E-state index contributed by atoms with van der Waals surface area (Å²) in [6.07, 6.45) is 0.645. The average molecular weight is 351 g/mol. The molecule has 25 heavy (non-hydrogen) atoms. The van der Waals surface area contributed by atoms with Gasteiger partial charge in [0.25, 0.3) is 0 Å². The number of halogens is 1. The molecule has 0 aromatic heterocycles. The Morgan fingerprint density at radius 3 is 2.80 bits per heavy atom. The van der Waals surface area contributed by atoms with Gasteiger partial charge in [0, 0.05) is 38.5 Å². The molecule has 0 aliphatic carbocycles. The maximum absolute atomic E-state index is 13.0. The third-order valence-electron chi connectivity index (χ3n) is 4.36. The Balaban J connectivity index is 1.71. The normalized spacial score (nSPS) is 19.4. The molecular weight excluding hydrogens is 325 g/mol. The van der Waals surface area contributed by atoms with E-state index >= 15 is 0 Å². The van der Waals surface area contributed by atoms with Crippen LogP contribution >= 0.6 is 0 Å². The number of benzene rings is 1. The highest BCUT2D eigenvalue weighted by Gasteiger charge is 2.21. The van der Waals surface area contributed by atoms with Crippen LogP contribution in [-0.2, 0) is 20.9 Å². The minimum absolute atomic E-state index is 0.0771. The molecule has 2 rings (SSSR count). The van der Waals surface area contributed by atoms with Crippen molar-refractivity contribution < 1.29 is 18.7 Å². The third kappa shape index (κ3) is 6.80. The molecule has 0 radical (unpaired) electrons. The zero-order valence-corrected chi connectivity index (χ0v) is 14.5. The lowest BCUT2D eigenvalue weighted by molar-refractivity contribution is -0.124. The minimum atomic E-state index is -0.389. The summed E-state index contributed by atoms with van der Waals surface area (Å²) in [5.41, 5.74) is 6.23. The highest BCUT2D eigenvalue weighted by atomic mass is 19.1. The molecule has 0 bridgehead atoms. The standard InChI is InChI=1S/C18H26FN3O3/c1-13(18(20)24)2-7-17(23)21-10-16-12-22(8-9-25-16)11-14-3-5-15(19)6-4-14/h3-6,13,16H,2,7-12H2,1H3,(H2,20,24)(H,21,23)/t13?,16-/m0/s1. The van der Waals surface area contributed by atoms with Crippen molar-refractivity contribution in [1.82, 2.24) is 10.2 Å². The first-order chi connectivity index (χ1) is 11.9. The molecule has 6 nitrogen and oxygen atoms in total. The van der Waals surface area contributed by atoms with E-state index in [0.29, 0.717) is 26.1 Å². The summed E-state index contributed by atoms with van der Waals surface area (Å²) in [7, 11) is 0. The van der Waals surface area contributed by atoms with Gasteiger partial charge in [0.05, 0.1) is 12.7 Å². The Bertz CT molecular complexity index is 579. The van der Waals surface area contributed by atoms with Gasteiger partial charge in [-0.25, -0.2) is 4.39 Å². The van der Waals surface area contributed by atoms with Crippen LogP contribution in [0.4, 0.5) is 4.39 Å². The number of morpholine rings is 1. The van der Waals surface area contributed by atoms with E-state index in [-0.39, 0.29) is 36.1 Å². The van der Waals surface area contributed by atoms with Crippen LogP contribution in [0.15, 0.2) is 24.3 Å². The van der Waals surface area contributed by atoms with E-state index in [4.69, 9.17) is 10.5 Å². The van der Waals surface area contributed by atoms with E-state index in [2.05, 4.69) is 10.2 Å². The van der Waals surface area contributed by atoms with Crippen LogP contribution in [0.3, 0.4) is 0 Å². The number of rotatable bonds is 8. The molecule has 1 fully saturated rings. The first kappa shape index (κ1) is 19.3. The number of carbonyl (C=O) groups is 2. The van der Waals surface area contributed by atoms with Gasteiger partial charge in [0.1, 0.15) is 5.82 Å². The molecule has 1 aromatic carbocycles. The van der Waals surface area contributed by atoms with E-state index in [9.17, 15) is 14.0 Å². The number of carbonyl (C=O) groups excluding carboxylic acids is 2. The van der Waals surface area contributed by atoms with Crippen LogP contribution in [0.2, 0.25) is 0 Å². The van der Waals surface area contributed by atoms with E-state index < -0.39 is 0 Å². The first-order valence-corrected chi connectivity index (χ1v) is 8.58. The van der Waals surface area contributed by atoms with Crippen molar-refractivity contribution in [3.63, 3.8) is 0 Å². The number of nitrogens with two attached hydrogens (primary N) is 1. The molecule has 1 aliphatic heterocycles. The van der Waals surface area contributed by atoms with Crippen LogP contribution < -0.4 is 11.1 Å². The molecule has 0 spiro atoms. The molecule has 1 heterocycles. The van der Waals surface area contributed by atoms with Crippen molar-refractivity contribution in [3.8, 4) is 0 Å². The molecule has 2 amide bonds. The molecule has 1 aromatic rings. The number of nitrogens with zero attached hydrogens (tertiary/aromatic N) is 1. The van der Waals surface area contributed by atoms with Crippen LogP contribution in [0.1, 0.15) is 25.3 Å². The number of nitrogens with one attached hydrogen (secondary N) is 1. The number of ether oxygens (including phenoxy) is 1. The fraction of sp³-hybridized carbons (Fsp3) is 0.556. The lowest BCUT2D eigenvalue weighted by atomic mass is 10.1. The van der Waals surface area contributed by atoms with Crippen LogP contribution in [0.5, 0.6) is 0 Å². The minimum Gasteiger partial charge on any atom is -0.374 e. The zero-order valence-electron chi connectivity index (χ0n) is 14.5. The highest BCUT2D eigenvalue weighted by Crippen LogP contribution is 2.11. The number of hydrogen-bond donors (Lipinski definition) is 2. The van der Waals surface area contributed by atoms with Crippen LogP contribution in [0.25, 0.3) is 0 Å². The van der Waals surface area contributed by atoms with Gasteiger partial charge in [-0.2, -0.15) is 0 Å². The SMILES string of the molecule is CC(CCC(=O)NC[C@H]1CN(Cc2ccc(F)cc2)CCO1)C(N)=O. The Morgan fingerprint density at radius 2 is 2.12 bits per heavy atom. The fourth-order valence-electron chi connectivity index (χ4n) is 2.70. The third-order valence-corrected chi connectivity index (χ3v) is 4.36.